The van der Waals surface area contributed by atoms with Crippen LogP contribution in [0.25, 0.3) is 0 Å². The van der Waals surface area contributed by atoms with Crippen molar-refractivity contribution in [2.75, 3.05) is 13.1 Å². The van der Waals surface area contributed by atoms with Gasteiger partial charge in [-0.15, -0.1) is 11.3 Å². The summed E-state index contributed by atoms with van der Waals surface area (Å²) in [5, 5.41) is 0. The number of thiocarbonyl (C=S) groups is 1. The van der Waals surface area contributed by atoms with Crippen molar-refractivity contribution in [3.63, 3.8) is 0 Å². The van der Waals surface area contributed by atoms with E-state index in [1.54, 1.807) is 6.07 Å². The van der Waals surface area contributed by atoms with Gasteiger partial charge in [-0.2, -0.15) is 0 Å². The molecule has 1 aromatic rings. The van der Waals surface area contributed by atoms with Crippen molar-refractivity contribution in [3.05, 3.63) is 20.3 Å². The third kappa shape index (κ3) is 3.31. The molecule has 7 heteroatoms. The minimum atomic E-state index is -0.205. The van der Waals surface area contributed by atoms with E-state index in [2.05, 4.69) is 0 Å². The normalized spacial score (nSPS) is 10.2. The minimum Gasteiger partial charge on any atom is -0.392 e. The monoisotopic (exact) mass is 296 g/mol. The first kappa shape index (κ1) is 13.7. The second-order valence-electron chi connectivity index (χ2n) is 3.02. The van der Waals surface area contributed by atoms with Gasteiger partial charge >= 0.3 is 0 Å². The zero-order chi connectivity index (χ0) is 12.3. The second-order valence-corrected chi connectivity index (χ2v) is 5.83. The molecule has 0 saturated heterocycles. The van der Waals surface area contributed by atoms with E-state index in [1.807, 2.05) is 6.92 Å². The fourth-order valence-electron chi connectivity index (χ4n) is 1.17. The molecule has 0 aliphatic carbocycles. The lowest BCUT2D eigenvalue weighted by Gasteiger charge is -2.19. The quantitative estimate of drug-likeness (QED) is 0.869. The zero-order valence-corrected chi connectivity index (χ0v) is 11.6. The van der Waals surface area contributed by atoms with E-state index in [0.29, 0.717) is 20.8 Å². The predicted molar refractivity (Wildman–Crippen MR) is 72.7 cm³/mol. The molecule has 0 saturated carbocycles. The summed E-state index contributed by atoms with van der Waals surface area (Å²) < 4.78 is 0.871. The smallest absolute Gasteiger partial charge is 0.256 e. The van der Waals surface area contributed by atoms with Crippen LogP contribution in [0.15, 0.2) is 6.07 Å². The maximum atomic E-state index is 12.0. The molecule has 0 aromatic carbocycles. The van der Waals surface area contributed by atoms with Gasteiger partial charge in [0, 0.05) is 6.54 Å². The Morgan fingerprint density at radius 2 is 2.25 bits per heavy atom. The lowest BCUT2D eigenvalue weighted by atomic mass is 10.3. The van der Waals surface area contributed by atoms with Crippen molar-refractivity contribution in [2.24, 2.45) is 5.73 Å². The van der Waals surface area contributed by atoms with Crippen LogP contribution in [-0.2, 0) is 0 Å². The highest BCUT2D eigenvalue weighted by Crippen LogP contribution is 2.31. The highest BCUT2D eigenvalue weighted by Gasteiger charge is 2.19. The molecule has 1 aromatic heterocycles. The third-order valence-corrected chi connectivity index (χ3v) is 3.52. The topological polar surface area (TPSA) is 46.3 Å². The van der Waals surface area contributed by atoms with Crippen LogP contribution in [0.1, 0.15) is 17.3 Å². The standard InChI is InChI=1S/C9H10Cl2N2OS2/c1-2-13(4-7(12)15)9(14)5-3-6(10)16-8(5)11/h3H,2,4H2,1H3,(H2,12,15). The van der Waals surface area contributed by atoms with Crippen LogP contribution in [0.5, 0.6) is 0 Å². The fraction of sp³-hybridized carbons (Fsp3) is 0.333. The molecule has 0 fully saturated rings. The first-order valence-corrected chi connectivity index (χ1v) is 6.46. The van der Waals surface area contributed by atoms with Crippen molar-refractivity contribution in [1.29, 1.82) is 0 Å². The van der Waals surface area contributed by atoms with E-state index in [1.165, 1.54) is 4.90 Å². The number of hydrogen-bond donors (Lipinski definition) is 1. The number of thiophene rings is 1. The van der Waals surface area contributed by atoms with Gasteiger partial charge in [0.1, 0.15) is 4.34 Å². The van der Waals surface area contributed by atoms with Crippen LogP contribution in [0.2, 0.25) is 8.67 Å². The number of likely N-dealkylation sites (N-methyl/N-ethyl adjacent to an activating group) is 1. The zero-order valence-electron chi connectivity index (χ0n) is 8.50. The summed E-state index contributed by atoms with van der Waals surface area (Å²) in [6, 6.07) is 1.55. The molecule has 88 valence electrons. The SMILES string of the molecule is CCN(CC(N)=S)C(=O)c1cc(Cl)sc1Cl. The summed E-state index contributed by atoms with van der Waals surface area (Å²) in [5.41, 5.74) is 5.81. The van der Waals surface area contributed by atoms with Gasteiger partial charge in [-0.05, 0) is 13.0 Å². The highest BCUT2D eigenvalue weighted by atomic mass is 35.5. The summed E-state index contributed by atoms with van der Waals surface area (Å²) in [6.45, 7) is 2.60. The molecular weight excluding hydrogens is 287 g/mol. The van der Waals surface area contributed by atoms with Crippen LogP contribution in [0, 0.1) is 0 Å². The number of nitrogens with zero attached hydrogens (tertiary/aromatic N) is 1. The van der Waals surface area contributed by atoms with Crippen LogP contribution in [0.3, 0.4) is 0 Å². The highest BCUT2D eigenvalue weighted by molar-refractivity contribution is 7.80. The Morgan fingerprint density at radius 3 is 2.62 bits per heavy atom. The van der Waals surface area contributed by atoms with Crippen LogP contribution in [-0.4, -0.2) is 28.9 Å². The molecule has 0 spiro atoms. The number of halogens is 2. The Kier molecular flexibility index (Phi) is 4.98. The van der Waals surface area contributed by atoms with Crippen molar-refractivity contribution in [3.8, 4) is 0 Å². The van der Waals surface area contributed by atoms with Crippen molar-refractivity contribution >= 4 is 57.7 Å². The average molecular weight is 297 g/mol. The minimum absolute atomic E-state index is 0.205. The number of carbonyl (C=O) groups excluding carboxylic acids is 1. The summed E-state index contributed by atoms with van der Waals surface area (Å²) in [7, 11) is 0. The molecule has 0 aliphatic rings. The largest absolute Gasteiger partial charge is 0.392 e. The van der Waals surface area contributed by atoms with Gasteiger partial charge in [0.25, 0.3) is 5.91 Å². The molecule has 0 bridgehead atoms. The van der Waals surface area contributed by atoms with Gasteiger partial charge in [-0.3, -0.25) is 4.79 Å². The molecule has 0 unspecified atom stereocenters. The van der Waals surface area contributed by atoms with Gasteiger partial charge in [0.15, 0.2) is 0 Å². The first-order chi connectivity index (χ1) is 7.45. The Hall–Kier alpha value is -0.360. The van der Waals surface area contributed by atoms with Gasteiger partial charge in [0.05, 0.1) is 21.4 Å². The number of amides is 1. The van der Waals surface area contributed by atoms with E-state index in [-0.39, 0.29) is 17.4 Å². The molecule has 2 N–H and O–H groups in total. The summed E-state index contributed by atoms with van der Waals surface area (Å²) >= 11 is 17.6. The molecule has 1 rings (SSSR count). The average Bonchev–Trinajstić information content (AvgIpc) is 2.53. The Balaban J connectivity index is 2.91. The first-order valence-electron chi connectivity index (χ1n) is 4.48. The maximum Gasteiger partial charge on any atom is 0.256 e. The molecule has 1 heterocycles. The summed E-state index contributed by atoms with van der Waals surface area (Å²) in [4.78, 5) is 13.8. The Bertz CT molecular complexity index is 420. The Labute approximate surface area is 113 Å². The molecule has 3 nitrogen and oxygen atoms in total. The van der Waals surface area contributed by atoms with E-state index in [4.69, 9.17) is 41.2 Å². The molecule has 16 heavy (non-hydrogen) atoms. The van der Waals surface area contributed by atoms with Crippen molar-refractivity contribution < 1.29 is 4.79 Å². The number of hydrogen-bond acceptors (Lipinski definition) is 3. The Morgan fingerprint density at radius 1 is 1.62 bits per heavy atom. The number of carbonyl (C=O) groups is 1. The van der Waals surface area contributed by atoms with Crippen molar-refractivity contribution in [1.82, 2.24) is 4.90 Å². The van der Waals surface area contributed by atoms with Crippen LogP contribution < -0.4 is 5.73 Å². The molecule has 1 amide bonds. The predicted octanol–water partition coefficient (Wildman–Crippen LogP) is 2.80. The fourth-order valence-corrected chi connectivity index (χ4v) is 2.78. The molecule has 0 radical (unpaired) electrons. The second kappa shape index (κ2) is 5.82. The lowest BCUT2D eigenvalue weighted by molar-refractivity contribution is 0.0788. The van der Waals surface area contributed by atoms with Crippen molar-refractivity contribution in [2.45, 2.75) is 6.92 Å². The van der Waals surface area contributed by atoms with E-state index in [0.717, 1.165) is 11.3 Å². The molecule has 0 aliphatic heterocycles. The summed E-state index contributed by atoms with van der Waals surface area (Å²) in [6.07, 6.45) is 0. The van der Waals surface area contributed by atoms with Gasteiger partial charge in [-0.25, -0.2) is 0 Å². The van der Waals surface area contributed by atoms with E-state index < -0.39 is 0 Å². The van der Waals surface area contributed by atoms with Crippen LogP contribution >= 0.6 is 46.8 Å². The van der Waals surface area contributed by atoms with Gasteiger partial charge in [-0.1, -0.05) is 35.4 Å². The number of rotatable bonds is 4. The van der Waals surface area contributed by atoms with Crippen LogP contribution in [0.4, 0.5) is 0 Å². The van der Waals surface area contributed by atoms with Gasteiger partial charge in [0.2, 0.25) is 0 Å². The third-order valence-electron chi connectivity index (χ3n) is 1.90. The summed E-state index contributed by atoms with van der Waals surface area (Å²) in [5.74, 6) is -0.205. The lowest BCUT2D eigenvalue weighted by Crippen LogP contribution is -2.37. The molecular formula is C9H10Cl2N2OS2. The number of nitrogens with two attached hydrogens (primary N) is 1. The van der Waals surface area contributed by atoms with E-state index in [9.17, 15) is 4.79 Å². The maximum absolute atomic E-state index is 12.0. The van der Waals surface area contributed by atoms with E-state index >= 15 is 0 Å². The van der Waals surface area contributed by atoms with Gasteiger partial charge < -0.3 is 10.6 Å². The molecule has 0 atom stereocenters.